The first kappa shape index (κ1) is 18.6. The smallest absolute Gasteiger partial charge is 0.205 e. The Morgan fingerprint density at radius 3 is 1.58 bits per heavy atom. The Bertz CT molecular complexity index is 838. The van der Waals surface area contributed by atoms with Gasteiger partial charge in [0.15, 0.2) is 0 Å². The number of rotatable bonds is 6. The summed E-state index contributed by atoms with van der Waals surface area (Å²) in [5.41, 5.74) is 6.75. The summed E-state index contributed by atoms with van der Waals surface area (Å²) in [6.07, 6.45) is 0. The molecule has 3 N–H and O–H groups in total. The second-order valence-corrected chi connectivity index (χ2v) is 9.22. The highest BCUT2D eigenvalue weighted by molar-refractivity contribution is 7.77. The topological polar surface area (TPSA) is 55.1 Å². The van der Waals surface area contributed by atoms with Crippen molar-refractivity contribution >= 4 is 17.9 Å². The zero-order valence-electron chi connectivity index (χ0n) is 15.2. The highest BCUT2D eigenvalue weighted by atomic mass is 31.2. The molecule has 0 spiro atoms. The van der Waals surface area contributed by atoms with Crippen molar-refractivity contribution in [1.82, 2.24) is 5.09 Å². The number of benzene rings is 3. The number of nitrogens with two attached hydrogens (primary N) is 1. The third-order valence-corrected chi connectivity index (χ3v) is 7.74. The van der Waals surface area contributed by atoms with E-state index in [4.69, 9.17) is 5.73 Å². The minimum atomic E-state index is -3.09. The van der Waals surface area contributed by atoms with E-state index >= 15 is 0 Å². The average Bonchev–Trinajstić information content (AvgIpc) is 2.69. The van der Waals surface area contributed by atoms with Gasteiger partial charge in [0.05, 0.1) is 5.54 Å². The summed E-state index contributed by atoms with van der Waals surface area (Å²) >= 11 is 0. The molecule has 3 aromatic carbocycles. The van der Waals surface area contributed by atoms with E-state index in [1.54, 1.807) is 0 Å². The summed E-state index contributed by atoms with van der Waals surface area (Å²) in [5.74, 6) is 0. The van der Waals surface area contributed by atoms with Crippen LogP contribution in [0.5, 0.6) is 0 Å². The Morgan fingerprint density at radius 2 is 1.19 bits per heavy atom. The quantitative estimate of drug-likeness (QED) is 0.655. The summed E-state index contributed by atoms with van der Waals surface area (Å²) in [7, 11) is -3.09. The summed E-state index contributed by atoms with van der Waals surface area (Å²) in [6, 6.07) is 28.9. The molecule has 0 radical (unpaired) electrons. The fourth-order valence-electron chi connectivity index (χ4n) is 3.09. The Balaban J connectivity index is 2.16. The van der Waals surface area contributed by atoms with E-state index in [1.807, 2.05) is 105 Å². The molecule has 0 saturated heterocycles. The van der Waals surface area contributed by atoms with Gasteiger partial charge in [0.1, 0.15) is 0 Å². The van der Waals surface area contributed by atoms with Gasteiger partial charge in [0.2, 0.25) is 7.29 Å². The molecular formula is C22H25N2OP. The maximum Gasteiger partial charge on any atom is 0.205 e. The van der Waals surface area contributed by atoms with Crippen LogP contribution in [0.15, 0.2) is 91.0 Å². The lowest BCUT2D eigenvalue weighted by atomic mass is 9.87. The van der Waals surface area contributed by atoms with Gasteiger partial charge in [-0.05, 0) is 43.7 Å². The van der Waals surface area contributed by atoms with Gasteiger partial charge in [-0.25, -0.2) is 5.09 Å². The van der Waals surface area contributed by atoms with Gasteiger partial charge >= 0.3 is 0 Å². The molecule has 26 heavy (non-hydrogen) atoms. The minimum absolute atomic E-state index is 0.245. The number of hydrogen-bond acceptors (Lipinski definition) is 2. The maximum absolute atomic E-state index is 14.3. The van der Waals surface area contributed by atoms with Crippen molar-refractivity contribution in [2.75, 3.05) is 0 Å². The molecule has 0 fully saturated rings. The minimum Gasteiger partial charge on any atom is -0.326 e. The molecule has 0 unspecified atom stereocenters. The molecule has 0 aliphatic carbocycles. The van der Waals surface area contributed by atoms with Crippen LogP contribution in [0.1, 0.15) is 19.4 Å². The number of nitrogens with one attached hydrogen (secondary N) is 1. The van der Waals surface area contributed by atoms with E-state index in [9.17, 15) is 4.57 Å². The zero-order valence-corrected chi connectivity index (χ0v) is 16.1. The molecule has 3 aromatic rings. The van der Waals surface area contributed by atoms with Gasteiger partial charge in [-0.1, -0.05) is 66.7 Å². The molecule has 0 heterocycles. The van der Waals surface area contributed by atoms with E-state index in [0.29, 0.717) is 0 Å². The van der Waals surface area contributed by atoms with Crippen molar-refractivity contribution in [1.29, 1.82) is 0 Å². The molecule has 3 nitrogen and oxygen atoms in total. The summed E-state index contributed by atoms with van der Waals surface area (Å²) in [6.45, 7) is 3.96. The third kappa shape index (κ3) is 3.52. The third-order valence-electron chi connectivity index (χ3n) is 4.91. The van der Waals surface area contributed by atoms with E-state index in [1.165, 1.54) is 0 Å². The average molecular weight is 364 g/mol. The predicted molar refractivity (Wildman–Crippen MR) is 110 cm³/mol. The molecule has 4 heteroatoms. The molecule has 0 saturated carbocycles. The Morgan fingerprint density at radius 1 is 0.808 bits per heavy atom. The van der Waals surface area contributed by atoms with Gasteiger partial charge in [-0.15, -0.1) is 0 Å². The van der Waals surface area contributed by atoms with Crippen molar-refractivity contribution < 1.29 is 4.57 Å². The Hall–Kier alpha value is -2.19. The first-order valence-electron chi connectivity index (χ1n) is 8.78. The standard InChI is InChI=1S/C22H25N2OP/c1-18(23)22(2,19-12-6-3-7-13-19)24-26(25,20-14-8-4-9-15-20)21-16-10-5-11-17-21/h3-18H,23H2,1-2H3,(H,24,25)/t18-,22-/m0/s1. The normalized spacial score (nSPS) is 15.2. The molecule has 0 aliphatic heterocycles. The first-order valence-corrected chi connectivity index (χ1v) is 10.5. The second-order valence-electron chi connectivity index (χ2n) is 6.75. The lowest BCUT2D eigenvalue weighted by Crippen LogP contribution is -2.52. The monoisotopic (exact) mass is 364 g/mol. The van der Waals surface area contributed by atoms with Crippen molar-refractivity contribution in [3.63, 3.8) is 0 Å². The molecule has 0 aliphatic rings. The van der Waals surface area contributed by atoms with Crippen LogP contribution in [0.3, 0.4) is 0 Å². The highest BCUT2D eigenvalue weighted by Gasteiger charge is 2.39. The van der Waals surface area contributed by atoms with Crippen LogP contribution < -0.4 is 21.4 Å². The SMILES string of the molecule is C[C@H](N)[C@](C)(NP(=O)(c1ccccc1)c1ccccc1)c1ccccc1. The van der Waals surface area contributed by atoms with Gasteiger partial charge in [0, 0.05) is 16.7 Å². The van der Waals surface area contributed by atoms with E-state index in [2.05, 4.69) is 5.09 Å². The first-order chi connectivity index (χ1) is 12.5. The lowest BCUT2D eigenvalue weighted by Gasteiger charge is -2.39. The van der Waals surface area contributed by atoms with Crippen LogP contribution in [0.25, 0.3) is 0 Å². The molecule has 2 atom stereocenters. The summed E-state index contributed by atoms with van der Waals surface area (Å²) in [5, 5.41) is 5.03. The zero-order chi connectivity index (χ0) is 18.6. The van der Waals surface area contributed by atoms with Gasteiger partial charge in [-0.3, -0.25) is 4.57 Å². The van der Waals surface area contributed by atoms with Gasteiger partial charge in [-0.2, -0.15) is 0 Å². The molecule has 0 amide bonds. The fraction of sp³-hybridized carbons (Fsp3) is 0.182. The predicted octanol–water partition coefficient (Wildman–Crippen LogP) is 3.77. The van der Waals surface area contributed by atoms with Crippen molar-refractivity contribution in [3.8, 4) is 0 Å². The Labute approximate surface area is 155 Å². The van der Waals surface area contributed by atoms with Crippen molar-refractivity contribution in [2.45, 2.75) is 25.4 Å². The molecular weight excluding hydrogens is 339 g/mol. The lowest BCUT2D eigenvalue weighted by molar-refractivity contribution is 0.368. The molecule has 0 aromatic heterocycles. The van der Waals surface area contributed by atoms with E-state index < -0.39 is 12.8 Å². The van der Waals surface area contributed by atoms with Crippen LogP contribution in [-0.4, -0.2) is 6.04 Å². The highest BCUT2D eigenvalue weighted by Crippen LogP contribution is 2.44. The van der Waals surface area contributed by atoms with E-state index in [0.717, 1.165) is 16.2 Å². The van der Waals surface area contributed by atoms with Crippen LogP contribution in [0.4, 0.5) is 0 Å². The summed E-state index contributed by atoms with van der Waals surface area (Å²) < 4.78 is 14.3. The molecule has 0 bridgehead atoms. The van der Waals surface area contributed by atoms with Crippen molar-refractivity contribution in [3.05, 3.63) is 96.6 Å². The summed E-state index contributed by atoms with van der Waals surface area (Å²) in [4.78, 5) is 0. The number of hydrogen-bond donors (Lipinski definition) is 2. The largest absolute Gasteiger partial charge is 0.326 e. The van der Waals surface area contributed by atoms with E-state index in [-0.39, 0.29) is 6.04 Å². The molecule has 3 rings (SSSR count). The van der Waals surface area contributed by atoms with Gasteiger partial charge < -0.3 is 5.73 Å². The van der Waals surface area contributed by atoms with Crippen molar-refractivity contribution in [2.24, 2.45) is 5.73 Å². The van der Waals surface area contributed by atoms with Crippen LogP contribution in [0, 0.1) is 0 Å². The van der Waals surface area contributed by atoms with Gasteiger partial charge in [0.25, 0.3) is 0 Å². The fourth-order valence-corrected chi connectivity index (χ4v) is 5.82. The Kier molecular flexibility index (Phi) is 5.43. The van der Waals surface area contributed by atoms with Crippen LogP contribution >= 0.6 is 7.29 Å². The molecule has 134 valence electrons. The van der Waals surface area contributed by atoms with Crippen LogP contribution in [-0.2, 0) is 10.1 Å². The maximum atomic E-state index is 14.3. The van der Waals surface area contributed by atoms with Crippen LogP contribution in [0.2, 0.25) is 0 Å². The second kappa shape index (κ2) is 7.59.